The van der Waals surface area contributed by atoms with E-state index in [-0.39, 0.29) is 31.0 Å². The van der Waals surface area contributed by atoms with E-state index in [0.717, 1.165) is 23.3 Å². The van der Waals surface area contributed by atoms with E-state index in [9.17, 15) is 15.0 Å². The molecule has 2 aliphatic heterocycles. The minimum Gasteiger partial charge on any atom is -0.497 e. The van der Waals surface area contributed by atoms with Crippen LogP contribution in [0.2, 0.25) is 0 Å². The standard InChI is InChI=1S/C33H46O8/c1-24-10-13-28-18-29(39-23-26-11-14-27(37-3)15-12-26)19-33(36,40-28)21-31(35)41-32(2,20-30(24)34)16-7-17-38-22-25-8-5-4-6-9-25/h4-6,8-9,11-12,14-15,24,28-30,34,36H,7,10,13,16-23H2,1-3H3/t24-,28+,29-,30+,32?,33+/m1/s1. The first-order valence-corrected chi connectivity index (χ1v) is 14.8. The van der Waals surface area contributed by atoms with Crippen LogP contribution in [0.15, 0.2) is 54.6 Å². The number of methoxy groups -OCH3 is 1. The summed E-state index contributed by atoms with van der Waals surface area (Å²) in [4.78, 5) is 13.2. The molecule has 0 radical (unpaired) electrons. The Bertz CT molecular complexity index is 1080. The van der Waals surface area contributed by atoms with Crippen molar-refractivity contribution in [3.8, 4) is 5.75 Å². The summed E-state index contributed by atoms with van der Waals surface area (Å²) < 4.78 is 29.3. The van der Waals surface area contributed by atoms with Crippen molar-refractivity contribution in [2.75, 3.05) is 13.7 Å². The average Bonchev–Trinajstić information content (AvgIpc) is 2.94. The van der Waals surface area contributed by atoms with Gasteiger partial charge >= 0.3 is 5.97 Å². The lowest BCUT2D eigenvalue weighted by Gasteiger charge is -2.42. The Balaban J connectivity index is 1.37. The molecular weight excluding hydrogens is 524 g/mol. The summed E-state index contributed by atoms with van der Waals surface area (Å²) in [5, 5.41) is 22.5. The van der Waals surface area contributed by atoms with Crippen LogP contribution in [0.25, 0.3) is 0 Å². The Labute approximate surface area is 243 Å². The third-order valence-electron chi connectivity index (χ3n) is 8.23. The number of aliphatic hydroxyl groups is 2. The highest BCUT2D eigenvalue weighted by Gasteiger charge is 2.45. The van der Waals surface area contributed by atoms with E-state index in [1.54, 1.807) is 7.11 Å². The van der Waals surface area contributed by atoms with Crippen LogP contribution in [0.3, 0.4) is 0 Å². The quantitative estimate of drug-likeness (QED) is 0.292. The number of ether oxygens (including phenoxy) is 5. The average molecular weight is 571 g/mol. The number of hydrogen-bond acceptors (Lipinski definition) is 8. The number of aliphatic hydroxyl groups excluding tert-OH is 1. The molecule has 41 heavy (non-hydrogen) atoms. The number of carbonyl (C=O) groups excluding carboxylic acids is 1. The van der Waals surface area contributed by atoms with Gasteiger partial charge in [-0.05, 0) is 61.8 Å². The zero-order valence-corrected chi connectivity index (χ0v) is 24.6. The van der Waals surface area contributed by atoms with Gasteiger partial charge in [-0.25, -0.2) is 0 Å². The minimum atomic E-state index is -1.68. The van der Waals surface area contributed by atoms with Crippen molar-refractivity contribution in [3.05, 3.63) is 65.7 Å². The predicted molar refractivity (Wildman–Crippen MR) is 154 cm³/mol. The zero-order valence-electron chi connectivity index (χ0n) is 24.6. The van der Waals surface area contributed by atoms with Gasteiger partial charge in [0.05, 0.1) is 45.1 Å². The highest BCUT2D eigenvalue weighted by molar-refractivity contribution is 5.71. The number of fused-ring (bicyclic) bond motifs is 2. The molecule has 0 amide bonds. The highest BCUT2D eigenvalue weighted by Crippen LogP contribution is 2.37. The summed E-state index contributed by atoms with van der Waals surface area (Å²) in [6, 6.07) is 17.6. The SMILES string of the molecule is COc1ccc(CO[C@@H]2C[C@@H]3CC[C@@H](C)[C@@H](O)CC(C)(CCCOCc4ccccc4)OC(=O)C[C@](O)(C2)O3)cc1. The summed E-state index contributed by atoms with van der Waals surface area (Å²) in [6.07, 6.45) is 2.19. The molecular formula is C33H46O8. The van der Waals surface area contributed by atoms with E-state index in [1.165, 1.54) is 0 Å². The first-order chi connectivity index (χ1) is 19.7. The van der Waals surface area contributed by atoms with Crippen molar-refractivity contribution in [3.63, 3.8) is 0 Å². The number of benzene rings is 2. The van der Waals surface area contributed by atoms with E-state index < -0.39 is 23.5 Å². The van der Waals surface area contributed by atoms with Gasteiger partial charge < -0.3 is 33.9 Å². The molecule has 226 valence electrons. The van der Waals surface area contributed by atoms with Gasteiger partial charge in [-0.2, -0.15) is 0 Å². The molecule has 2 bridgehead atoms. The van der Waals surface area contributed by atoms with E-state index >= 15 is 0 Å². The number of hydrogen-bond donors (Lipinski definition) is 2. The number of cyclic esters (lactones) is 1. The molecule has 2 N–H and O–H groups in total. The summed E-state index contributed by atoms with van der Waals surface area (Å²) in [7, 11) is 1.63. The molecule has 4 rings (SSSR count). The van der Waals surface area contributed by atoms with Crippen LogP contribution in [-0.4, -0.2) is 59.6 Å². The summed E-state index contributed by atoms with van der Waals surface area (Å²) in [5.74, 6) is -1.47. The number of rotatable bonds is 10. The molecule has 0 spiro atoms. The number of esters is 1. The second kappa shape index (κ2) is 14.6. The Morgan fingerprint density at radius 1 is 1.00 bits per heavy atom. The van der Waals surface area contributed by atoms with Crippen molar-refractivity contribution in [2.45, 2.75) is 108 Å². The Morgan fingerprint density at radius 2 is 1.73 bits per heavy atom. The maximum atomic E-state index is 13.2. The van der Waals surface area contributed by atoms with Gasteiger partial charge in [0.25, 0.3) is 0 Å². The van der Waals surface area contributed by atoms with Gasteiger partial charge in [0, 0.05) is 25.9 Å². The van der Waals surface area contributed by atoms with Crippen molar-refractivity contribution >= 4 is 5.97 Å². The maximum absolute atomic E-state index is 13.2. The van der Waals surface area contributed by atoms with Crippen LogP contribution in [0.1, 0.15) is 76.3 Å². The van der Waals surface area contributed by atoms with Gasteiger partial charge in [0.15, 0.2) is 5.79 Å². The first kappa shape index (κ1) is 31.4. The van der Waals surface area contributed by atoms with Gasteiger partial charge in [0.2, 0.25) is 0 Å². The lowest BCUT2D eigenvalue weighted by Crippen LogP contribution is -2.50. The topological polar surface area (TPSA) is 104 Å². The molecule has 8 heteroatoms. The molecule has 0 aromatic heterocycles. The van der Waals surface area contributed by atoms with Gasteiger partial charge in [-0.1, -0.05) is 49.4 Å². The van der Waals surface area contributed by atoms with Gasteiger partial charge in [-0.15, -0.1) is 0 Å². The van der Waals surface area contributed by atoms with Crippen molar-refractivity contribution in [1.29, 1.82) is 0 Å². The van der Waals surface area contributed by atoms with E-state index in [4.69, 9.17) is 23.7 Å². The van der Waals surface area contributed by atoms with Crippen LogP contribution in [-0.2, 0) is 37.0 Å². The second-order valence-electron chi connectivity index (χ2n) is 12.0. The molecule has 2 aromatic rings. The smallest absolute Gasteiger partial charge is 0.311 e. The van der Waals surface area contributed by atoms with Crippen LogP contribution in [0.5, 0.6) is 5.75 Å². The summed E-state index contributed by atoms with van der Waals surface area (Å²) >= 11 is 0. The van der Waals surface area contributed by atoms with Crippen molar-refractivity contribution < 1.29 is 38.7 Å². The third-order valence-corrected chi connectivity index (χ3v) is 8.23. The molecule has 8 nitrogen and oxygen atoms in total. The summed E-state index contributed by atoms with van der Waals surface area (Å²) in [5.41, 5.74) is 1.20. The minimum absolute atomic E-state index is 0.0286. The molecule has 1 unspecified atom stereocenters. The fraction of sp³-hybridized carbons (Fsp3) is 0.606. The third kappa shape index (κ3) is 9.79. The zero-order chi connectivity index (χ0) is 29.3. The normalized spacial score (nSPS) is 31.0. The van der Waals surface area contributed by atoms with E-state index in [2.05, 4.69) is 0 Å². The Morgan fingerprint density at radius 3 is 2.46 bits per heavy atom. The molecule has 0 saturated carbocycles. The molecule has 2 fully saturated rings. The van der Waals surface area contributed by atoms with Crippen molar-refractivity contribution in [1.82, 2.24) is 0 Å². The summed E-state index contributed by atoms with van der Waals surface area (Å²) in [6.45, 7) is 5.27. The molecule has 2 aromatic carbocycles. The maximum Gasteiger partial charge on any atom is 0.311 e. The van der Waals surface area contributed by atoms with Crippen LogP contribution in [0, 0.1) is 5.92 Å². The first-order valence-electron chi connectivity index (χ1n) is 14.8. The van der Waals surface area contributed by atoms with Gasteiger partial charge in [0.1, 0.15) is 11.4 Å². The van der Waals surface area contributed by atoms with Crippen LogP contribution < -0.4 is 4.74 Å². The lowest BCUT2D eigenvalue weighted by molar-refractivity contribution is -0.283. The predicted octanol–water partition coefficient (Wildman–Crippen LogP) is 5.32. The second-order valence-corrected chi connectivity index (χ2v) is 12.0. The Hall–Kier alpha value is -2.49. The van der Waals surface area contributed by atoms with Crippen LogP contribution in [0.4, 0.5) is 0 Å². The fourth-order valence-electron chi connectivity index (χ4n) is 5.82. The molecule has 2 aliphatic rings. The van der Waals surface area contributed by atoms with E-state index in [1.807, 2.05) is 68.4 Å². The molecule has 2 saturated heterocycles. The van der Waals surface area contributed by atoms with Crippen LogP contribution >= 0.6 is 0 Å². The molecule has 6 atom stereocenters. The highest BCUT2D eigenvalue weighted by atomic mass is 16.6. The van der Waals surface area contributed by atoms with E-state index in [0.29, 0.717) is 51.9 Å². The molecule has 2 heterocycles. The fourth-order valence-corrected chi connectivity index (χ4v) is 5.82. The van der Waals surface area contributed by atoms with Gasteiger partial charge in [-0.3, -0.25) is 4.79 Å². The van der Waals surface area contributed by atoms with Crippen molar-refractivity contribution in [2.24, 2.45) is 5.92 Å². The largest absolute Gasteiger partial charge is 0.497 e. The molecule has 0 aliphatic carbocycles. The number of carbonyl (C=O) groups is 1. The monoisotopic (exact) mass is 570 g/mol. The lowest BCUT2D eigenvalue weighted by atomic mass is 9.84. The Kier molecular flexibility index (Phi) is 11.2.